The number of nitrogens with one attached hydrogen (secondary N) is 2. The van der Waals surface area contributed by atoms with Crippen LogP contribution >= 0.6 is 11.8 Å². The Hall–Kier alpha value is -0.940. The van der Waals surface area contributed by atoms with Crippen molar-refractivity contribution in [3.05, 3.63) is 23.2 Å². The van der Waals surface area contributed by atoms with Gasteiger partial charge in [-0.3, -0.25) is 4.79 Å². The van der Waals surface area contributed by atoms with E-state index in [1.807, 2.05) is 26.8 Å². The van der Waals surface area contributed by atoms with E-state index in [1.165, 1.54) is 0 Å². The molecule has 4 nitrogen and oxygen atoms in total. The minimum atomic E-state index is 0.00794. The molecule has 5 heteroatoms. The Labute approximate surface area is 125 Å². The molecule has 1 amide bonds. The molecule has 1 aliphatic heterocycles. The van der Waals surface area contributed by atoms with Crippen LogP contribution in [0.5, 0.6) is 0 Å². The molecule has 0 aliphatic carbocycles. The zero-order valence-corrected chi connectivity index (χ0v) is 13.3. The van der Waals surface area contributed by atoms with Crippen molar-refractivity contribution in [3.8, 4) is 0 Å². The number of thioether (sulfide) groups is 1. The first-order valence-corrected chi connectivity index (χ1v) is 8.29. The Morgan fingerprint density at radius 2 is 2.20 bits per heavy atom. The summed E-state index contributed by atoms with van der Waals surface area (Å²) in [5.41, 5.74) is 1.07. The maximum atomic E-state index is 12.0. The Morgan fingerprint density at radius 1 is 1.50 bits per heavy atom. The van der Waals surface area contributed by atoms with E-state index in [2.05, 4.69) is 10.6 Å². The molecule has 1 unspecified atom stereocenters. The molecule has 112 valence electrons. The van der Waals surface area contributed by atoms with Gasteiger partial charge in [-0.2, -0.15) is 0 Å². The highest BCUT2D eigenvalue weighted by Gasteiger charge is 2.18. The number of hydrogen-bond donors (Lipinski definition) is 2. The van der Waals surface area contributed by atoms with Gasteiger partial charge < -0.3 is 15.1 Å². The molecule has 2 N–H and O–H groups in total. The Bertz CT molecular complexity index is 453. The maximum absolute atomic E-state index is 12.0. The predicted octanol–water partition coefficient (Wildman–Crippen LogP) is 2.56. The van der Waals surface area contributed by atoms with E-state index in [4.69, 9.17) is 4.42 Å². The lowest BCUT2D eigenvalue weighted by Gasteiger charge is -2.22. The van der Waals surface area contributed by atoms with Gasteiger partial charge in [-0.15, -0.1) is 11.8 Å². The van der Waals surface area contributed by atoms with Crippen molar-refractivity contribution < 1.29 is 9.21 Å². The Kier molecular flexibility index (Phi) is 5.54. The highest BCUT2D eigenvalue weighted by molar-refractivity contribution is 8.00. The van der Waals surface area contributed by atoms with Crippen molar-refractivity contribution in [2.24, 2.45) is 0 Å². The second-order valence-corrected chi connectivity index (χ2v) is 6.71. The molecule has 2 rings (SSSR count). The van der Waals surface area contributed by atoms with Crippen molar-refractivity contribution >= 4 is 17.7 Å². The van der Waals surface area contributed by atoms with Gasteiger partial charge in [0.05, 0.1) is 11.8 Å². The van der Waals surface area contributed by atoms with Crippen molar-refractivity contribution in [3.63, 3.8) is 0 Å². The number of rotatable bonds is 5. The quantitative estimate of drug-likeness (QED) is 0.877. The summed E-state index contributed by atoms with van der Waals surface area (Å²) < 4.78 is 5.51. The highest BCUT2D eigenvalue weighted by atomic mass is 32.2. The minimum Gasteiger partial charge on any atom is -0.466 e. The van der Waals surface area contributed by atoms with Crippen LogP contribution in [0.25, 0.3) is 0 Å². The molecule has 1 aliphatic rings. The second-order valence-electron chi connectivity index (χ2n) is 5.42. The van der Waals surface area contributed by atoms with Gasteiger partial charge in [0.15, 0.2) is 0 Å². The summed E-state index contributed by atoms with van der Waals surface area (Å²) in [6.07, 6.45) is 2.32. The summed E-state index contributed by atoms with van der Waals surface area (Å²) in [7, 11) is 0. The highest BCUT2D eigenvalue weighted by Crippen LogP contribution is 2.22. The number of carbonyl (C=O) groups is 1. The number of hydrogen-bond acceptors (Lipinski definition) is 4. The monoisotopic (exact) mass is 296 g/mol. The third-order valence-corrected chi connectivity index (χ3v) is 5.03. The van der Waals surface area contributed by atoms with Crippen molar-refractivity contribution in [2.45, 2.75) is 44.9 Å². The van der Waals surface area contributed by atoms with Crippen LogP contribution in [0.4, 0.5) is 0 Å². The van der Waals surface area contributed by atoms with E-state index < -0.39 is 0 Å². The largest absolute Gasteiger partial charge is 0.466 e. The van der Waals surface area contributed by atoms with E-state index in [9.17, 15) is 4.79 Å². The van der Waals surface area contributed by atoms with Gasteiger partial charge in [0.25, 0.3) is 0 Å². The number of amides is 1. The molecular formula is C15H24N2O2S. The third kappa shape index (κ3) is 4.28. The third-order valence-electron chi connectivity index (χ3n) is 3.66. The standard InChI is InChI=1S/C15H24N2O2S/c1-10-8-14(12(3)19-10)11(2)17-15(18)9-20-13-4-6-16-7-5-13/h8,11,13,16H,4-7,9H2,1-3H3,(H,17,18). The van der Waals surface area contributed by atoms with Gasteiger partial charge in [-0.05, 0) is 52.8 Å². The van der Waals surface area contributed by atoms with Crippen LogP contribution in [0.1, 0.15) is 42.9 Å². The Balaban J connectivity index is 1.77. The molecule has 1 atom stereocenters. The van der Waals surface area contributed by atoms with Gasteiger partial charge >= 0.3 is 0 Å². The summed E-state index contributed by atoms with van der Waals surface area (Å²) in [6, 6.07) is 2.01. The molecule has 0 spiro atoms. The molecule has 1 saturated heterocycles. The number of carbonyl (C=O) groups excluding carboxylic acids is 1. The lowest BCUT2D eigenvalue weighted by atomic mass is 10.1. The molecule has 0 radical (unpaired) electrons. The van der Waals surface area contributed by atoms with E-state index in [1.54, 1.807) is 11.8 Å². The lowest BCUT2D eigenvalue weighted by molar-refractivity contribution is -0.119. The van der Waals surface area contributed by atoms with Crippen LogP contribution in [0.3, 0.4) is 0 Å². The predicted molar refractivity (Wildman–Crippen MR) is 83.1 cm³/mol. The first-order valence-electron chi connectivity index (χ1n) is 7.25. The fraction of sp³-hybridized carbons (Fsp3) is 0.667. The molecule has 1 aromatic heterocycles. The van der Waals surface area contributed by atoms with Gasteiger partial charge in [-0.1, -0.05) is 0 Å². The topological polar surface area (TPSA) is 54.3 Å². The molecule has 0 saturated carbocycles. The number of piperidine rings is 1. The fourth-order valence-corrected chi connectivity index (χ4v) is 3.64. The maximum Gasteiger partial charge on any atom is 0.230 e. The van der Waals surface area contributed by atoms with Crippen LogP contribution in [-0.4, -0.2) is 30.0 Å². The zero-order chi connectivity index (χ0) is 14.5. The summed E-state index contributed by atoms with van der Waals surface area (Å²) in [6.45, 7) is 8.02. The lowest BCUT2D eigenvalue weighted by Crippen LogP contribution is -2.32. The average molecular weight is 296 g/mol. The molecule has 1 fully saturated rings. The second kappa shape index (κ2) is 7.18. The van der Waals surface area contributed by atoms with E-state index >= 15 is 0 Å². The summed E-state index contributed by atoms with van der Waals surface area (Å²) in [4.78, 5) is 12.0. The van der Waals surface area contributed by atoms with Crippen LogP contribution < -0.4 is 10.6 Å². The molecule has 20 heavy (non-hydrogen) atoms. The fourth-order valence-electron chi connectivity index (χ4n) is 2.60. The minimum absolute atomic E-state index is 0.00794. The zero-order valence-electron chi connectivity index (χ0n) is 12.5. The first kappa shape index (κ1) is 15.4. The van der Waals surface area contributed by atoms with Crippen LogP contribution in [0.2, 0.25) is 0 Å². The van der Waals surface area contributed by atoms with E-state index in [0.29, 0.717) is 11.0 Å². The smallest absolute Gasteiger partial charge is 0.230 e. The van der Waals surface area contributed by atoms with Crippen molar-refractivity contribution in [1.29, 1.82) is 0 Å². The van der Waals surface area contributed by atoms with Crippen molar-refractivity contribution in [2.75, 3.05) is 18.8 Å². The van der Waals surface area contributed by atoms with Crippen molar-refractivity contribution in [1.82, 2.24) is 10.6 Å². The number of furan rings is 1. The van der Waals surface area contributed by atoms with Crippen LogP contribution in [-0.2, 0) is 4.79 Å². The van der Waals surface area contributed by atoms with Gasteiger partial charge in [0.1, 0.15) is 11.5 Å². The average Bonchev–Trinajstić information content (AvgIpc) is 2.77. The Morgan fingerprint density at radius 3 is 2.80 bits per heavy atom. The van der Waals surface area contributed by atoms with Gasteiger partial charge in [0, 0.05) is 10.8 Å². The van der Waals surface area contributed by atoms with E-state index in [-0.39, 0.29) is 11.9 Å². The molecule has 0 bridgehead atoms. The van der Waals surface area contributed by atoms with Gasteiger partial charge in [-0.25, -0.2) is 0 Å². The van der Waals surface area contributed by atoms with Crippen LogP contribution in [0.15, 0.2) is 10.5 Å². The number of aryl methyl sites for hydroxylation is 2. The molecular weight excluding hydrogens is 272 g/mol. The van der Waals surface area contributed by atoms with Crippen LogP contribution in [0, 0.1) is 13.8 Å². The summed E-state index contributed by atoms with van der Waals surface area (Å²) >= 11 is 1.78. The molecule has 2 heterocycles. The summed E-state index contributed by atoms with van der Waals surface area (Å²) in [5.74, 6) is 2.44. The summed E-state index contributed by atoms with van der Waals surface area (Å²) in [5, 5.41) is 7.02. The first-order chi connectivity index (χ1) is 9.56. The SMILES string of the molecule is Cc1cc(C(C)NC(=O)CSC2CCNCC2)c(C)o1. The molecule has 0 aromatic carbocycles. The van der Waals surface area contributed by atoms with Gasteiger partial charge in [0.2, 0.25) is 5.91 Å². The van der Waals surface area contributed by atoms with E-state index in [0.717, 1.165) is 43.0 Å². The normalized spacial score (nSPS) is 17.9. The molecule has 1 aromatic rings.